The summed E-state index contributed by atoms with van der Waals surface area (Å²) in [5.41, 5.74) is 1.00. The molecule has 0 unspecified atom stereocenters. The molecule has 0 bridgehead atoms. The summed E-state index contributed by atoms with van der Waals surface area (Å²) in [5.74, 6) is 0.825. The molecule has 0 heterocycles. The van der Waals surface area contributed by atoms with E-state index in [2.05, 4.69) is 10.2 Å². The van der Waals surface area contributed by atoms with Crippen molar-refractivity contribution in [3.8, 4) is 11.5 Å². The number of hydrogen-bond acceptors (Lipinski definition) is 4. The summed E-state index contributed by atoms with van der Waals surface area (Å²) in [6, 6.07) is 11.8. The van der Waals surface area contributed by atoms with Gasteiger partial charge in [-0.2, -0.15) is 5.11 Å². The molecule has 5 heteroatoms. The van der Waals surface area contributed by atoms with Crippen molar-refractivity contribution >= 4 is 23.0 Å². The molecule has 0 aliphatic rings. The normalized spacial score (nSPS) is 10.8. The van der Waals surface area contributed by atoms with E-state index in [0.29, 0.717) is 23.0 Å². The molecular formula is C14H13ClN2O2. The van der Waals surface area contributed by atoms with Crippen molar-refractivity contribution < 1.29 is 9.84 Å². The van der Waals surface area contributed by atoms with Crippen molar-refractivity contribution in [3.63, 3.8) is 0 Å². The molecule has 19 heavy (non-hydrogen) atoms. The molecule has 2 aromatic rings. The third kappa shape index (κ3) is 3.69. The number of rotatable bonds is 4. The summed E-state index contributed by atoms with van der Waals surface area (Å²) < 4.78 is 5.33. The maximum atomic E-state index is 9.59. The molecule has 2 aromatic carbocycles. The van der Waals surface area contributed by atoms with Crippen LogP contribution in [0.5, 0.6) is 11.5 Å². The zero-order valence-corrected chi connectivity index (χ0v) is 11.1. The number of ether oxygens (including phenoxy) is 1. The van der Waals surface area contributed by atoms with Crippen LogP contribution in [0, 0.1) is 0 Å². The minimum absolute atomic E-state index is 0.0408. The molecule has 0 aliphatic heterocycles. The van der Waals surface area contributed by atoms with Crippen molar-refractivity contribution in [2.75, 3.05) is 6.61 Å². The van der Waals surface area contributed by atoms with Gasteiger partial charge in [-0.25, -0.2) is 0 Å². The molecule has 2 rings (SSSR count). The van der Waals surface area contributed by atoms with Crippen LogP contribution in [-0.4, -0.2) is 11.7 Å². The van der Waals surface area contributed by atoms with E-state index in [-0.39, 0.29) is 5.75 Å². The van der Waals surface area contributed by atoms with Gasteiger partial charge in [0.25, 0.3) is 0 Å². The maximum absolute atomic E-state index is 9.59. The first-order valence-electron chi connectivity index (χ1n) is 5.82. The molecule has 0 aliphatic carbocycles. The predicted molar refractivity (Wildman–Crippen MR) is 74.9 cm³/mol. The van der Waals surface area contributed by atoms with E-state index in [1.165, 1.54) is 6.07 Å². The van der Waals surface area contributed by atoms with Crippen LogP contribution in [0.3, 0.4) is 0 Å². The lowest BCUT2D eigenvalue weighted by Gasteiger charge is -2.02. The fourth-order valence-electron chi connectivity index (χ4n) is 1.46. The van der Waals surface area contributed by atoms with Crippen LogP contribution >= 0.6 is 11.6 Å². The highest BCUT2D eigenvalue weighted by Gasteiger charge is 2.00. The Bertz CT molecular complexity index is 582. The van der Waals surface area contributed by atoms with E-state index >= 15 is 0 Å². The van der Waals surface area contributed by atoms with E-state index in [0.717, 1.165) is 5.75 Å². The molecule has 0 amide bonds. The zero-order chi connectivity index (χ0) is 13.7. The van der Waals surface area contributed by atoms with Crippen molar-refractivity contribution in [1.29, 1.82) is 0 Å². The highest BCUT2D eigenvalue weighted by molar-refractivity contribution is 6.30. The van der Waals surface area contributed by atoms with Gasteiger partial charge in [-0.15, -0.1) is 5.11 Å². The molecule has 0 atom stereocenters. The van der Waals surface area contributed by atoms with Gasteiger partial charge in [-0.05, 0) is 49.4 Å². The average Bonchev–Trinajstić information content (AvgIpc) is 2.42. The Balaban J connectivity index is 2.15. The van der Waals surface area contributed by atoms with E-state index in [1.54, 1.807) is 24.3 Å². The lowest BCUT2D eigenvalue weighted by molar-refractivity contribution is 0.340. The van der Waals surface area contributed by atoms with Gasteiger partial charge in [-0.1, -0.05) is 11.6 Å². The summed E-state index contributed by atoms with van der Waals surface area (Å²) in [6.45, 7) is 2.55. The van der Waals surface area contributed by atoms with E-state index in [4.69, 9.17) is 16.3 Å². The number of aromatic hydroxyl groups is 1. The number of phenolic OH excluding ortho intramolecular Hbond substituents is 1. The van der Waals surface area contributed by atoms with Crippen LogP contribution in [0.2, 0.25) is 5.02 Å². The van der Waals surface area contributed by atoms with Crippen LogP contribution in [-0.2, 0) is 0 Å². The van der Waals surface area contributed by atoms with E-state index in [9.17, 15) is 5.11 Å². The number of benzene rings is 2. The SMILES string of the molecule is CCOc1ccc(N=Nc2cc(Cl)ccc2O)cc1. The minimum Gasteiger partial charge on any atom is -0.506 e. The number of halogens is 1. The molecule has 0 radical (unpaired) electrons. The van der Waals surface area contributed by atoms with Crippen molar-refractivity contribution in [3.05, 3.63) is 47.5 Å². The lowest BCUT2D eigenvalue weighted by Crippen LogP contribution is -1.89. The Kier molecular flexibility index (Phi) is 4.36. The molecule has 0 aromatic heterocycles. The molecule has 4 nitrogen and oxygen atoms in total. The quantitative estimate of drug-likeness (QED) is 0.811. The third-order valence-corrected chi connectivity index (χ3v) is 2.59. The second kappa shape index (κ2) is 6.20. The predicted octanol–water partition coefficient (Wildman–Crippen LogP) is 4.86. The fraction of sp³-hybridized carbons (Fsp3) is 0.143. The molecule has 0 saturated carbocycles. The minimum atomic E-state index is 0.0408. The summed E-state index contributed by atoms with van der Waals surface area (Å²) in [6.07, 6.45) is 0. The highest BCUT2D eigenvalue weighted by atomic mass is 35.5. The number of phenols is 1. The Hall–Kier alpha value is -2.07. The second-order valence-corrected chi connectivity index (χ2v) is 4.20. The Morgan fingerprint density at radius 3 is 2.53 bits per heavy atom. The van der Waals surface area contributed by atoms with Crippen LogP contribution in [0.15, 0.2) is 52.7 Å². The fourth-order valence-corrected chi connectivity index (χ4v) is 1.63. The Labute approximate surface area is 116 Å². The van der Waals surface area contributed by atoms with Crippen LogP contribution < -0.4 is 4.74 Å². The molecule has 0 spiro atoms. The zero-order valence-electron chi connectivity index (χ0n) is 10.4. The van der Waals surface area contributed by atoms with Crippen molar-refractivity contribution in [1.82, 2.24) is 0 Å². The second-order valence-electron chi connectivity index (χ2n) is 3.76. The van der Waals surface area contributed by atoms with Crippen LogP contribution in [0.25, 0.3) is 0 Å². The highest BCUT2D eigenvalue weighted by Crippen LogP contribution is 2.31. The largest absolute Gasteiger partial charge is 0.506 e. The number of azo groups is 1. The van der Waals surface area contributed by atoms with Crippen molar-refractivity contribution in [2.24, 2.45) is 10.2 Å². The van der Waals surface area contributed by atoms with Gasteiger partial charge >= 0.3 is 0 Å². The van der Waals surface area contributed by atoms with E-state index < -0.39 is 0 Å². The Morgan fingerprint density at radius 1 is 1.11 bits per heavy atom. The van der Waals surface area contributed by atoms with Gasteiger partial charge in [0.1, 0.15) is 17.2 Å². The average molecular weight is 277 g/mol. The summed E-state index contributed by atoms with van der Waals surface area (Å²) in [7, 11) is 0. The van der Waals surface area contributed by atoms with Crippen molar-refractivity contribution in [2.45, 2.75) is 6.92 Å². The standard InChI is InChI=1S/C14H13ClN2O2/c1-2-19-12-6-4-11(5-7-12)16-17-13-9-10(15)3-8-14(13)18/h3-9,18H,2H2,1H3. The molecule has 0 fully saturated rings. The molecular weight excluding hydrogens is 264 g/mol. The van der Waals surface area contributed by atoms with Crippen LogP contribution in [0.4, 0.5) is 11.4 Å². The Morgan fingerprint density at radius 2 is 1.84 bits per heavy atom. The van der Waals surface area contributed by atoms with Gasteiger partial charge in [-0.3, -0.25) is 0 Å². The number of hydrogen-bond donors (Lipinski definition) is 1. The third-order valence-electron chi connectivity index (χ3n) is 2.36. The summed E-state index contributed by atoms with van der Waals surface area (Å²) in [4.78, 5) is 0. The van der Waals surface area contributed by atoms with Gasteiger partial charge < -0.3 is 9.84 Å². The summed E-state index contributed by atoms with van der Waals surface area (Å²) >= 11 is 5.82. The summed E-state index contributed by atoms with van der Waals surface area (Å²) in [5, 5.41) is 18.1. The maximum Gasteiger partial charge on any atom is 0.143 e. The first kappa shape index (κ1) is 13.4. The molecule has 98 valence electrons. The molecule has 0 saturated heterocycles. The van der Waals surface area contributed by atoms with E-state index in [1.807, 2.05) is 19.1 Å². The van der Waals surface area contributed by atoms with Gasteiger partial charge in [0, 0.05) is 5.02 Å². The first-order valence-corrected chi connectivity index (χ1v) is 6.20. The topological polar surface area (TPSA) is 54.2 Å². The first-order chi connectivity index (χ1) is 9.19. The van der Waals surface area contributed by atoms with Gasteiger partial charge in [0.05, 0.1) is 12.3 Å². The lowest BCUT2D eigenvalue weighted by atomic mass is 10.3. The smallest absolute Gasteiger partial charge is 0.143 e. The number of nitrogens with zero attached hydrogens (tertiary/aromatic N) is 2. The molecule has 1 N–H and O–H groups in total. The monoisotopic (exact) mass is 276 g/mol. The van der Waals surface area contributed by atoms with Crippen LogP contribution in [0.1, 0.15) is 6.92 Å². The van der Waals surface area contributed by atoms with Gasteiger partial charge in [0.2, 0.25) is 0 Å². The van der Waals surface area contributed by atoms with Gasteiger partial charge in [0.15, 0.2) is 0 Å².